The number of aromatic nitrogens is 2. The van der Waals surface area contributed by atoms with Crippen LogP contribution in [0.4, 0.5) is 5.69 Å². The summed E-state index contributed by atoms with van der Waals surface area (Å²) in [5.41, 5.74) is 0.756. The summed E-state index contributed by atoms with van der Waals surface area (Å²) in [7, 11) is -2.60. The van der Waals surface area contributed by atoms with Crippen molar-refractivity contribution in [1.29, 1.82) is 0 Å². The van der Waals surface area contributed by atoms with Gasteiger partial charge in [0.1, 0.15) is 5.76 Å². The Balaban J connectivity index is 1.69. The minimum Gasteiger partial charge on any atom is -0.492 e. The fraction of sp³-hybridized carbons (Fsp3) is 0.0952. The number of carbonyl (C=O) groups is 1. The maximum atomic E-state index is 12.8. The number of carbonyl (C=O) groups excluding carboxylic acids is 1. The molecule has 0 radical (unpaired) electrons. The van der Waals surface area contributed by atoms with E-state index in [4.69, 9.17) is 13.7 Å². The van der Waals surface area contributed by atoms with Crippen LogP contribution in [0.1, 0.15) is 11.3 Å². The van der Waals surface area contributed by atoms with Crippen molar-refractivity contribution >= 4 is 38.7 Å². The number of nitrogens with one attached hydrogen (secondary N) is 2. The van der Waals surface area contributed by atoms with Gasteiger partial charge in [-0.2, -0.15) is 8.42 Å². The van der Waals surface area contributed by atoms with Crippen LogP contribution in [-0.2, 0) is 21.4 Å². The van der Waals surface area contributed by atoms with E-state index in [1.54, 1.807) is 24.3 Å². The molecule has 1 aromatic carbocycles. The Labute approximate surface area is 182 Å². The van der Waals surface area contributed by atoms with Gasteiger partial charge in [0.2, 0.25) is 11.5 Å². The summed E-state index contributed by atoms with van der Waals surface area (Å²) in [4.78, 5) is 16.2. The molecule has 0 unspecified atom stereocenters. The molecule has 0 saturated heterocycles. The smallest absolute Gasteiger partial charge is 0.279 e. The van der Waals surface area contributed by atoms with Crippen LogP contribution in [0.2, 0.25) is 0 Å². The first kappa shape index (κ1) is 21.1. The number of amides is 1. The van der Waals surface area contributed by atoms with Crippen molar-refractivity contribution in [3.63, 3.8) is 0 Å². The Morgan fingerprint density at radius 1 is 1.25 bits per heavy atom. The van der Waals surface area contributed by atoms with Gasteiger partial charge in [-0.1, -0.05) is 11.2 Å². The van der Waals surface area contributed by atoms with E-state index in [2.05, 4.69) is 20.2 Å². The third-order valence-electron chi connectivity index (χ3n) is 4.42. The molecule has 10 nitrogen and oxygen atoms in total. The van der Waals surface area contributed by atoms with E-state index in [-0.39, 0.29) is 28.6 Å². The molecule has 3 heterocycles. The van der Waals surface area contributed by atoms with E-state index in [1.807, 2.05) is 0 Å². The number of sulfonamides is 1. The van der Waals surface area contributed by atoms with Crippen molar-refractivity contribution in [1.82, 2.24) is 15.5 Å². The molecule has 11 heteroatoms. The molecule has 3 aromatic heterocycles. The Kier molecular flexibility index (Phi) is 5.90. The zero-order valence-corrected chi connectivity index (χ0v) is 17.6. The van der Waals surface area contributed by atoms with Crippen LogP contribution in [-0.4, -0.2) is 31.6 Å². The summed E-state index contributed by atoms with van der Waals surface area (Å²) < 4.78 is 44.0. The molecule has 0 spiro atoms. The summed E-state index contributed by atoms with van der Waals surface area (Å²) in [6.45, 7) is 0.202. The van der Waals surface area contributed by atoms with Crippen molar-refractivity contribution in [2.24, 2.45) is 0 Å². The molecule has 0 aliphatic carbocycles. The van der Waals surface area contributed by atoms with Crippen molar-refractivity contribution in [2.75, 3.05) is 11.8 Å². The van der Waals surface area contributed by atoms with Gasteiger partial charge < -0.3 is 19.0 Å². The first-order valence-electron chi connectivity index (χ1n) is 9.35. The van der Waals surface area contributed by atoms with Crippen LogP contribution in [0, 0.1) is 0 Å². The van der Waals surface area contributed by atoms with E-state index >= 15 is 0 Å². The molecular weight excluding hydrogens is 436 g/mol. The SMILES string of the molecule is COc1c(/C=C/C(=O)NCc2ccco2)c(NS(=O)(=O)c2ccccn2)cc2cnoc12. The largest absolute Gasteiger partial charge is 0.492 e. The van der Waals surface area contributed by atoms with Crippen molar-refractivity contribution in [2.45, 2.75) is 11.6 Å². The lowest BCUT2D eigenvalue weighted by atomic mass is 10.1. The molecule has 0 saturated carbocycles. The van der Waals surface area contributed by atoms with Crippen LogP contribution >= 0.6 is 0 Å². The topological polar surface area (TPSA) is 137 Å². The number of furan rings is 1. The predicted octanol–water partition coefficient (Wildman–Crippen LogP) is 2.95. The van der Waals surface area contributed by atoms with Gasteiger partial charge in [0.15, 0.2) is 10.8 Å². The summed E-state index contributed by atoms with van der Waals surface area (Å²) >= 11 is 0. The highest BCUT2D eigenvalue weighted by Crippen LogP contribution is 2.37. The summed E-state index contributed by atoms with van der Waals surface area (Å²) in [6, 6.07) is 9.53. The normalized spacial score (nSPS) is 11.7. The number of benzene rings is 1. The highest BCUT2D eigenvalue weighted by atomic mass is 32.2. The second-order valence-electron chi connectivity index (χ2n) is 6.52. The number of hydrogen-bond donors (Lipinski definition) is 2. The molecule has 4 rings (SSSR count). The zero-order chi connectivity index (χ0) is 22.6. The van der Waals surface area contributed by atoms with Crippen molar-refractivity contribution in [3.8, 4) is 5.75 Å². The van der Waals surface area contributed by atoms with E-state index in [0.29, 0.717) is 16.7 Å². The lowest BCUT2D eigenvalue weighted by Crippen LogP contribution is -2.20. The molecule has 0 fully saturated rings. The van der Waals surface area contributed by atoms with Crippen LogP contribution in [0.15, 0.2) is 75.1 Å². The Morgan fingerprint density at radius 3 is 2.84 bits per heavy atom. The van der Waals surface area contributed by atoms with E-state index in [1.165, 1.54) is 50.1 Å². The van der Waals surface area contributed by atoms with Gasteiger partial charge in [0.25, 0.3) is 10.0 Å². The lowest BCUT2D eigenvalue weighted by Gasteiger charge is -2.13. The monoisotopic (exact) mass is 454 g/mol. The fourth-order valence-corrected chi connectivity index (χ4v) is 3.98. The van der Waals surface area contributed by atoms with Crippen LogP contribution in [0.3, 0.4) is 0 Å². The minimum absolute atomic E-state index is 0.157. The molecule has 0 atom stereocenters. The summed E-state index contributed by atoms with van der Waals surface area (Å²) in [5, 5.41) is 6.77. The molecule has 4 aromatic rings. The molecule has 2 N–H and O–H groups in total. The van der Waals surface area contributed by atoms with Gasteiger partial charge >= 0.3 is 0 Å². The highest BCUT2D eigenvalue weighted by molar-refractivity contribution is 7.92. The number of methoxy groups -OCH3 is 1. The molecule has 1 amide bonds. The number of fused-ring (bicyclic) bond motifs is 1. The molecular formula is C21H18N4O6S. The molecule has 164 valence electrons. The molecule has 0 aliphatic rings. The maximum absolute atomic E-state index is 12.8. The predicted molar refractivity (Wildman–Crippen MR) is 115 cm³/mol. The third-order valence-corrected chi connectivity index (χ3v) is 5.70. The lowest BCUT2D eigenvalue weighted by molar-refractivity contribution is -0.116. The second kappa shape index (κ2) is 8.94. The molecule has 0 bridgehead atoms. The van der Waals surface area contributed by atoms with Gasteiger partial charge in [0, 0.05) is 23.2 Å². The second-order valence-corrected chi connectivity index (χ2v) is 8.15. The summed E-state index contributed by atoms with van der Waals surface area (Å²) in [6.07, 6.45) is 6.99. The van der Waals surface area contributed by atoms with E-state index in [0.717, 1.165) is 0 Å². The Bertz CT molecular complexity index is 1360. The quantitative estimate of drug-likeness (QED) is 0.388. The number of rotatable bonds is 8. The third kappa shape index (κ3) is 4.47. The first-order valence-corrected chi connectivity index (χ1v) is 10.8. The summed E-state index contributed by atoms with van der Waals surface area (Å²) in [5.74, 6) is 0.393. The first-order chi connectivity index (χ1) is 15.5. The number of ether oxygens (including phenoxy) is 1. The number of pyridine rings is 1. The molecule has 32 heavy (non-hydrogen) atoms. The van der Waals surface area contributed by atoms with Crippen LogP contribution in [0.25, 0.3) is 17.0 Å². The zero-order valence-electron chi connectivity index (χ0n) is 16.8. The van der Waals surface area contributed by atoms with Gasteiger partial charge in [-0.3, -0.25) is 9.52 Å². The van der Waals surface area contributed by atoms with Crippen molar-refractivity contribution < 1.29 is 26.9 Å². The van der Waals surface area contributed by atoms with Crippen LogP contribution < -0.4 is 14.8 Å². The molecule has 0 aliphatic heterocycles. The average molecular weight is 454 g/mol. The van der Waals surface area contributed by atoms with Gasteiger partial charge in [-0.05, 0) is 36.4 Å². The highest BCUT2D eigenvalue weighted by Gasteiger charge is 2.22. The minimum atomic E-state index is -4.01. The number of hydrogen-bond acceptors (Lipinski definition) is 8. The number of anilines is 1. The maximum Gasteiger partial charge on any atom is 0.279 e. The van der Waals surface area contributed by atoms with Gasteiger partial charge in [0.05, 0.1) is 31.8 Å². The fourth-order valence-electron chi connectivity index (χ4n) is 2.96. The Morgan fingerprint density at radius 2 is 2.12 bits per heavy atom. The van der Waals surface area contributed by atoms with E-state index < -0.39 is 15.9 Å². The van der Waals surface area contributed by atoms with Gasteiger partial charge in [-0.25, -0.2) is 4.98 Å². The van der Waals surface area contributed by atoms with Crippen LogP contribution in [0.5, 0.6) is 5.75 Å². The van der Waals surface area contributed by atoms with Crippen molar-refractivity contribution in [3.05, 3.63) is 72.5 Å². The standard InChI is InChI=1S/C21H18N4O6S/c1-29-21-16(7-8-18(26)23-13-15-5-4-10-30-15)17(11-14-12-24-31-20(14)21)25-32(27,28)19-6-2-3-9-22-19/h2-12,25H,13H2,1H3,(H,23,26)/b8-7+. The Hall–Kier alpha value is -4.12. The number of nitrogens with zero attached hydrogens (tertiary/aromatic N) is 2. The van der Waals surface area contributed by atoms with Gasteiger partial charge in [-0.15, -0.1) is 0 Å². The van der Waals surface area contributed by atoms with E-state index in [9.17, 15) is 13.2 Å². The average Bonchev–Trinajstić information content (AvgIpc) is 3.48.